The monoisotopic (exact) mass is 201 g/mol. The maximum absolute atomic E-state index is 9.16. The highest BCUT2D eigenvalue weighted by Crippen LogP contribution is 2.60. The Labute approximate surface area is 88.2 Å². The molecule has 1 aromatic carbocycles. The van der Waals surface area contributed by atoms with Crippen molar-refractivity contribution < 1.29 is 9.47 Å². The summed E-state index contributed by atoms with van der Waals surface area (Å²) in [6, 6.07) is 12.0. The van der Waals surface area contributed by atoms with E-state index in [9.17, 15) is 0 Å². The van der Waals surface area contributed by atoms with E-state index >= 15 is 0 Å². The molecule has 3 nitrogen and oxygen atoms in total. The molecule has 2 aliphatic heterocycles. The normalized spacial score (nSPS) is 37.8. The summed E-state index contributed by atoms with van der Waals surface area (Å²) in [7, 11) is 0. The highest BCUT2D eigenvalue weighted by Gasteiger charge is 2.74. The van der Waals surface area contributed by atoms with Crippen LogP contribution in [0.15, 0.2) is 30.3 Å². The number of epoxide rings is 1. The molecular weight excluding hydrogens is 190 g/mol. The first kappa shape index (κ1) is 8.90. The molecule has 15 heavy (non-hydrogen) atoms. The Hall–Kier alpha value is -1.37. The summed E-state index contributed by atoms with van der Waals surface area (Å²) in [6.45, 7) is 0.665. The van der Waals surface area contributed by atoms with Crippen molar-refractivity contribution in [2.75, 3.05) is 6.61 Å². The minimum absolute atomic E-state index is 0.665. The lowest BCUT2D eigenvalue weighted by molar-refractivity contribution is -0.0566. The fraction of sp³-hybridized carbons (Fsp3) is 0.417. The highest BCUT2D eigenvalue weighted by atomic mass is 16.8. The molecular formula is C12H11NO2. The van der Waals surface area contributed by atoms with E-state index in [4.69, 9.17) is 14.7 Å². The first-order valence-electron chi connectivity index (χ1n) is 5.14. The molecule has 3 heteroatoms. The molecule has 3 rings (SSSR count). The van der Waals surface area contributed by atoms with E-state index in [0.717, 1.165) is 18.4 Å². The predicted octanol–water partition coefficient (Wildman–Crippen LogP) is 1.94. The number of rotatable bonds is 1. The van der Waals surface area contributed by atoms with Gasteiger partial charge in [-0.25, -0.2) is 0 Å². The van der Waals surface area contributed by atoms with Crippen molar-refractivity contribution in [1.29, 1.82) is 5.26 Å². The van der Waals surface area contributed by atoms with E-state index in [-0.39, 0.29) is 0 Å². The zero-order chi connectivity index (χ0) is 10.4. The van der Waals surface area contributed by atoms with Gasteiger partial charge in [0.05, 0.1) is 6.61 Å². The van der Waals surface area contributed by atoms with Crippen LogP contribution in [0.25, 0.3) is 0 Å². The maximum atomic E-state index is 9.16. The molecule has 0 amide bonds. The van der Waals surface area contributed by atoms with Gasteiger partial charge < -0.3 is 9.47 Å². The van der Waals surface area contributed by atoms with E-state index < -0.39 is 11.4 Å². The first-order valence-corrected chi connectivity index (χ1v) is 5.14. The Bertz CT molecular complexity index is 425. The number of benzene rings is 1. The van der Waals surface area contributed by atoms with Gasteiger partial charge in [0.25, 0.3) is 0 Å². The number of hydrogen-bond acceptors (Lipinski definition) is 3. The molecule has 0 N–H and O–H groups in total. The quantitative estimate of drug-likeness (QED) is 0.652. The van der Waals surface area contributed by atoms with Gasteiger partial charge in [0.2, 0.25) is 11.4 Å². The molecule has 0 aliphatic carbocycles. The molecule has 0 spiro atoms. The Balaban J connectivity index is 2.03. The van der Waals surface area contributed by atoms with Crippen LogP contribution in [0.3, 0.4) is 0 Å². The van der Waals surface area contributed by atoms with Crippen LogP contribution in [-0.4, -0.2) is 12.2 Å². The van der Waals surface area contributed by atoms with Gasteiger partial charge in [0.1, 0.15) is 6.07 Å². The van der Waals surface area contributed by atoms with Gasteiger partial charge in [-0.05, 0) is 12.8 Å². The van der Waals surface area contributed by atoms with Crippen molar-refractivity contribution >= 4 is 0 Å². The maximum Gasteiger partial charge on any atom is 0.240 e. The average Bonchev–Trinajstić information content (AvgIpc) is 3.01. The molecule has 0 radical (unpaired) electrons. The van der Waals surface area contributed by atoms with Crippen LogP contribution in [0.2, 0.25) is 0 Å². The van der Waals surface area contributed by atoms with E-state index in [1.54, 1.807) is 0 Å². The SMILES string of the molecule is N#CC12CCCOC1(c1ccccc1)O2. The lowest BCUT2D eigenvalue weighted by atomic mass is 9.91. The standard InChI is InChI=1S/C12H11NO2/c13-9-11-7-4-8-14-12(11,15-11)10-5-2-1-3-6-10/h1-3,5-6H,4,7-8H2. The minimum atomic E-state index is -0.777. The molecule has 2 aliphatic rings. The lowest BCUT2D eigenvalue weighted by Crippen LogP contribution is -2.31. The van der Waals surface area contributed by atoms with Crippen molar-refractivity contribution in [2.45, 2.75) is 24.2 Å². The van der Waals surface area contributed by atoms with Crippen LogP contribution in [0.1, 0.15) is 18.4 Å². The molecule has 76 valence electrons. The third-order valence-electron chi connectivity index (χ3n) is 3.12. The summed E-state index contributed by atoms with van der Waals surface area (Å²) in [5.41, 5.74) is 0.221. The van der Waals surface area contributed by atoms with Gasteiger partial charge in [0.15, 0.2) is 0 Å². The fourth-order valence-corrected chi connectivity index (χ4v) is 2.30. The number of ether oxygens (including phenoxy) is 2. The number of nitriles is 1. The number of fused-ring (bicyclic) bond motifs is 1. The number of nitrogens with zero attached hydrogens (tertiary/aromatic N) is 1. The molecule has 0 saturated carbocycles. The minimum Gasteiger partial charge on any atom is -0.343 e. The molecule has 2 unspecified atom stereocenters. The second kappa shape index (κ2) is 2.82. The molecule has 2 atom stereocenters. The van der Waals surface area contributed by atoms with Gasteiger partial charge in [-0.15, -0.1) is 0 Å². The summed E-state index contributed by atoms with van der Waals surface area (Å²) < 4.78 is 11.3. The van der Waals surface area contributed by atoms with Crippen molar-refractivity contribution in [1.82, 2.24) is 0 Å². The summed E-state index contributed by atoms with van der Waals surface area (Å²) in [5.74, 6) is -0.777. The molecule has 0 aromatic heterocycles. The molecule has 2 heterocycles. The van der Waals surface area contributed by atoms with Crippen LogP contribution >= 0.6 is 0 Å². The summed E-state index contributed by atoms with van der Waals surface area (Å²) in [4.78, 5) is 0. The number of hydrogen-bond donors (Lipinski definition) is 0. The van der Waals surface area contributed by atoms with Gasteiger partial charge >= 0.3 is 0 Å². The molecule has 0 bridgehead atoms. The largest absolute Gasteiger partial charge is 0.343 e. The van der Waals surface area contributed by atoms with Gasteiger partial charge in [-0.2, -0.15) is 5.26 Å². The van der Waals surface area contributed by atoms with E-state index in [2.05, 4.69) is 6.07 Å². The van der Waals surface area contributed by atoms with Crippen LogP contribution in [0, 0.1) is 11.3 Å². The van der Waals surface area contributed by atoms with Gasteiger partial charge in [-0.3, -0.25) is 0 Å². The van der Waals surface area contributed by atoms with E-state index in [1.807, 2.05) is 30.3 Å². The summed E-state index contributed by atoms with van der Waals surface area (Å²) >= 11 is 0. The molecule has 2 saturated heterocycles. The smallest absolute Gasteiger partial charge is 0.240 e. The topological polar surface area (TPSA) is 45.5 Å². The lowest BCUT2D eigenvalue weighted by Gasteiger charge is -2.21. The first-order chi connectivity index (χ1) is 7.33. The zero-order valence-corrected chi connectivity index (χ0v) is 8.27. The van der Waals surface area contributed by atoms with Crippen molar-refractivity contribution in [3.05, 3.63) is 35.9 Å². The fourth-order valence-electron chi connectivity index (χ4n) is 2.30. The average molecular weight is 201 g/mol. The van der Waals surface area contributed by atoms with Crippen LogP contribution in [0.4, 0.5) is 0 Å². The van der Waals surface area contributed by atoms with Crippen molar-refractivity contribution in [3.8, 4) is 6.07 Å². The third-order valence-corrected chi connectivity index (χ3v) is 3.12. The predicted molar refractivity (Wildman–Crippen MR) is 52.7 cm³/mol. The van der Waals surface area contributed by atoms with Crippen LogP contribution < -0.4 is 0 Å². The second-order valence-electron chi connectivity index (χ2n) is 3.98. The van der Waals surface area contributed by atoms with E-state index in [0.29, 0.717) is 6.61 Å². The Morgan fingerprint density at radius 1 is 1.27 bits per heavy atom. The second-order valence-corrected chi connectivity index (χ2v) is 3.98. The summed E-state index contributed by atoms with van der Waals surface area (Å²) in [5, 5.41) is 9.16. The summed E-state index contributed by atoms with van der Waals surface area (Å²) in [6.07, 6.45) is 1.65. The van der Waals surface area contributed by atoms with Crippen molar-refractivity contribution in [3.63, 3.8) is 0 Å². The Morgan fingerprint density at radius 2 is 2.07 bits per heavy atom. The Kier molecular flexibility index (Phi) is 1.67. The van der Waals surface area contributed by atoms with E-state index in [1.165, 1.54) is 0 Å². The Morgan fingerprint density at radius 3 is 2.80 bits per heavy atom. The molecule has 1 aromatic rings. The molecule has 2 fully saturated rings. The third kappa shape index (κ3) is 1.01. The van der Waals surface area contributed by atoms with Crippen LogP contribution in [-0.2, 0) is 15.3 Å². The highest BCUT2D eigenvalue weighted by molar-refractivity contribution is 5.36. The van der Waals surface area contributed by atoms with Gasteiger partial charge in [-0.1, -0.05) is 30.3 Å². The van der Waals surface area contributed by atoms with Gasteiger partial charge in [0, 0.05) is 5.56 Å². The van der Waals surface area contributed by atoms with Crippen LogP contribution in [0.5, 0.6) is 0 Å². The van der Waals surface area contributed by atoms with Crippen molar-refractivity contribution in [2.24, 2.45) is 0 Å². The zero-order valence-electron chi connectivity index (χ0n) is 8.27.